The van der Waals surface area contributed by atoms with Crippen LogP contribution in [-0.4, -0.2) is 56.8 Å². The zero-order valence-corrected chi connectivity index (χ0v) is 20.4. The van der Waals surface area contributed by atoms with Crippen LogP contribution in [0.1, 0.15) is 25.3 Å². The van der Waals surface area contributed by atoms with Crippen LogP contribution in [0.15, 0.2) is 48.5 Å². The van der Waals surface area contributed by atoms with Gasteiger partial charge in [0.1, 0.15) is 5.82 Å². The molecule has 1 spiro atoms. The van der Waals surface area contributed by atoms with Gasteiger partial charge in [-0.25, -0.2) is 17.5 Å². The van der Waals surface area contributed by atoms with Crippen LogP contribution in [0.3, 0.4) is 0 Å². The van der Waals surface area contributed by atoms with Gasteiger partial charge in [0.15, 0.2) is 5.41 Å². The summed E-state index contributed by atoms with van der Waals surface area (Å²) in [5, 5.41) is 9.74. The van der Waals surface area contributed by atoms with Crippen molar-refractivity contribution in [1.82, 2.24) is 9.62 Å². The van der Waals surface area contributed by atoms with Gasteiger partial charge in [-0.2, -0.15) is 5.26 Å². The fourth-order valence-corrected chi connectivity index (χ4v) is 6.28. The summed E-state index contributed by atoms with van der Waals surface area (Å²) in [4.78, 5) is 15.2. The zero-order chi connectivity index (χ0) is 24.8. The maximum Gasteiger partial charge on any atom is 0.248 e. The average Bonchev–Trinajstić information content (AvgIpc) is 3.55. The van der Waals surface area contributed by atoms with Crippen molar-refractivity contribution in [2.75, 3.05) is 25.5 Å². The molecular formula is C26H28FN3O4S. The van der Waals surface area contributed by atoms with E-state index in [0.717, 1.165) is 18.4 Å². The number of benzene rings is 2. The minimum absolute atomic E-state index is 0.0156. The molecule has 184 valence electrons. The van der Waals surface area contributed by atoms with Crippen LogP contribution in [0, 0.1) is 28.0 Å². The molecule has 0 aromatic heterocycles. The molecule has 3 fully saturated rings. The zero-order valence-electron chi connectivity index (χ0n) is 19.5. The van der Waals surface area contributed by atoms with E-state index in [2.05, 4.69) is 10.8 Å². The second-order valence-electron chi connectivity index (χ2n) is 9.90. The summed E-state index contributed by atoms with van der Waals surface area (Å²) in [6.45, 7) is 1.94. The first-order chi connectivity index (χ1) is 16.7. The minimum Gasteiger partial charge on any atom is -0.377 e. The second kappa shape index (κ2) is 8.70. The minimum atomic E-state index is -3.57. The van der Waals surface area contributed by atoms with Crippen LogP contribution < -0.4 is 4.72 Å². The number of carbonyl (C=O) groups is 1. The number of sulfonamides is 1. The van der Waals surface area contributed by atoms with Crippen molar-refractivity contribution in [3.63, 3.8) is 0 Å². The van der Waals surface area contributed by atoms with Crippen molar-refractivity contribution >= 4 is 15.9 Å². The van der Waals surface area contributed by atoms with Crippen LogP contribution >= 0.6 is 0 Å². The van der Waals surface area contributed by atoms with Gasteiger partial charge < -0.3 is 9.64 Å². The van der Waals surface area contributed by atoms with Crippen molar-refractivity contribution in [2.24, 2.45) is 10.8 Å². The third-order valence-electron chi connectivity index (χ3n) is 7.68. The molecule has 0 radical (unpaired) electrons. The van der Waals surface area contributed by atoms with Crippen LogP contribution in [0.4, 0.5) is 4.39 Å². The molecule has 35 heavy (non-hydrogen) atoms. The van der Waals surface area contributed by atoms with Gasteiger partial charge in [-0.3, -0.25) is 4.79 Å². The normalized spacial score (nSPS) is 24.1. The molecule has 1 N–H and O–H groups in total. The largest absolute Gasteiger partial charge is 0.377 e. The molecule has 5 rings (SSSR count). The number of rotatable bonds is 7. The highest BCUT2D eigenvalue weighted by atomic mass is 32.2. The van der Waals surface area contributed by atoms with E-state index in [0.29, 0.717) is 17.7 Å². The van der Waals surface area contributed by atoms with Crippen molar-refractivity contribution in [1.29, 1.82) is 5.26 Å². The number of likely N-dealkylation sites (tertiary alicyclic amines) is 1. The maximum absolute atomic E-state index is 15.7. The Bertz CT molecular complexity index is 1280. The number of nitriles is 1. The van der Waals surface area contributed by atoms with Crippen molar-refractivity contribution < 1.29 is 22.3 Å². The van der Waals surface area contributed by atoms with E-state index in [1.165, 1.54) is 0 Å². The lowest BCUT2D eigenvalue weighted by atomic mass is 9.85. The molecular weight excluding hydrogens is 469 g/mol. The number of ether oxygens (including phenoxy) is 1. The first-order valence-electron chi connectivity index (χ1n) is 11.9. The van der Waals surface area contributed by atoms with Crippen molar-refractivity contribution in [3.8, 4) is 17.2 Å². The number of halogens is 1. The van der Waals surface area contributed by atoms with Gasteiger partial charge in [-0.05, 0) is 37.3 Å². The molecule has 7 nitrogen and oxygen atoms in total. The molecule has 2 aliphatic heterocycles. The van der Waals surface area contributed by atoms with E-state index in [-0.39, 0.29) is 37.1 Å². The monoisotopic (exact) mass is 497 g/mol. The molecule has 2 saturated heterocycles. The summed E-state index contributed by atoms with van der Waals surface area (Å²) in [6, 6.07) is 15.3. The van der Waals surface area contributed by atoms with Crippen LogP contribution in [0.2, 0.25) is 0 Å². The lowest BCUT2D eigenvalue weighted by Crippen LogP contribution is -2.57. The predicted molar refractivity (Wildman–Crippen MR) is 128 cm³/mol. The molecule has 1 saturated carbocycles. The van der Waals surface area contributed by atoms with E-state index >= 15 is 4.39 Å². The Labute approximate surface area is 204 Å². The van der Waals surface area contributed by atoms with Gasteiger partial charge >= 0.3 is 0 Å². The number of nitrogens with one attached hydrogen (secondary N) is 1. The highest BCUT2D eigenvalue weighted by Crippen LogP contribution is 2.56. The second-order valence-corrected chi connectivity index (χ2v) is 11.9. The molecule has 9 heteroatoms. The highest BCUT2D eigenvalue weighted by Gasteiger charge is 2.63. The Morgan fingerprint density at radius 2 is 1.91 bits per heavy atom. The first-order valence-corrected chi connectivity index (χ1v) is 13.5. The standard InChI is InChI=1S/C26H28FN3O4S/c1-2-35(32,33)29-23-21(13-19-9-6-10-20(22(19)27)18-7-4-3-5-8-18)30(15-25(23)11-12-25)24(31)26(14-28)16-34-17-26/h3-10,21,23,29H,2,11-13,15-17H2,1H3/t21-,23+/m0/s1. The molecule has 2 heterocycles. The summed E-state index contributed by atoms with van der Waals surface area (Å²) in [5.74, 6) is -0.837. The Hall–Kier alpha value is -2.80. The van der Waals surface area contributed by atoms with E-state index in [1.807, 2.05) is 30.3 Å². The van der Waals surface area contributed by atoms with Gasteiger partial charge in [0.2, 0.25) is 15.9 Å². The number of hydrogen-bond acceptors (Lipinski definition) is 5. The number of amides is 1. The van der Waals surface area contributed by atoms with Crippen LogP contribution in [0.25, 0.3) is 11.1 Å². The van der Waals surface area contributed by atoms with E-state index in [9.17, 15) is 18.5 Å². The van der Waals surface area contributed by atoms with Gasteiger partial charge in [0, 0.05) is 23.6 Å². The summed E-state index contributed by atoms with van der Waals surface area (Å²) < 4.78 is 49.0. The van der Waals surface area contributed by atoms with Crippen LogP contribution in [-0.2, 0) is 26.0 Å². The molecule has 1 aliphatic carbocycles. The Balaban J connectivity index is 1.54. The lowest BCUT2D eigenvalue weighted by molar-refractivity contribution is -0.162. The third-order valence-corrected chi connectivity index (χ3v) is 9.06. The Kier molecular flexibility index (Phi) is 5.94. The molecule has 2 aromatic carbocycles. The number of hydrogen-bond donors (Lipinski definition) is 1. The first kappa shape index (κ1) is 23.9. The molecule has 1 amide bonds. The SMILES string of the molecule is CCS(=O)(=O)N[C@@H]1[C@H](Cc2cccc(-c3ccccc3)c2F)N(C(=O)C2(C#N)COC2)CC12CC2. The van der Waals surface area contributed by atoms with E-state index < -0.39 is 32.9 Å². The fraction of sp³-hybridized carbons (Fsp3) is 0.462. The molecule has 0 unspecified atom stereocenters. The van der Waals surface area contributed by atoms with Crippen LogP contribution in [0.5, 0.6) is 0 Å². The van der Waals surface area contributed by atoms with Crippen molar-refractivity contribution in [2.45, 2.75) is 38.3 Å². The maximum atomic E-state index is 15.7. The summed E-state index contributed by atoms with van der Waals surface area (Å²) in [7, 11) is -3.57. The number of carbonyl (C=O) groups excluding carboxylic acids is 1. The van der Waals surface area contributed by atoms with E-state index in [1.54, 1.807) is 30.0 Å². The Morgan fingerprint density at radius 3 is 2.49 bits per heavy atom. The topological polar surface area (TPSA) is 99.5 Å². The molecule has 2 aromatic rings. The van der Waals surface area contributed by atoms with Crippen molar-refractivity contribution in [3.05, 3.63) is 59.9 Å². The lowest BCUT2D eigenvalue weighted by Gasteiger charge is -2.39. The van der Waals surface area contributed by atoms with Gasteiger partial charge in [0.05, 0.1) is 31.1 Å². The molecule has 3 aliphatic rings. The Morgan fingerprint density at radius 1 is 1.20 bits per heavy atom. The number of nitrogens with zero attached hydrogens (tertiary/aromatic N) is 2. The molecule has 0 bridgehead atoms. The average molecular weight is 498 g/mol. The highest BCUT2D eigenvalue weighted by molar-refractivity contribution is 7.89. The third kappa shape index (κ3) is 4.14. The summed E-state index contributed by atoms with van der Waals surface area (Å²) in [5.41, 5.74) is -0.0625. The fourth-order valence-electron chi connectivity index (χ4n) is 5.32. The van der Waals surface area contributed by atoms with Gasteiger partial charge in [-0.1, -0.05) is 48.5 Å². The predicted octanol–water partition coefficient (Wildman–Crippen LogP) is 2.87. The summed E-state index contributed by atoms with van der Waals surface area (Å²) in [6.07, 6.45) is 1.68. The van der Waals surface area contributed by atoms with Gasteiger partial charge in [0.25, 0.3) is 0 Å². The van der Waals surface area contributed by atoms with Gasteiger partial charge in [-0.15, -0.1) is 0 Å². The van der Waals surface area contributed by atoms with E-state index in [4.69, 9.17) is 4.74 Å². The molecule has 2 atom stereocenters. The smallest absolute Gasteiger partial charge is 0.248 e. The summed E-state index contributed by atoms with van der Waals surface area (Å²) >= 11 is 0. The quantitative estimate of drug-likeness (QED) is 0.634.